The third kappa shape index (κ3) is 6.80. The second-order valence-electron chi connectivity index (χ2n) is 5.77. The van der Waals surface area contributed by atoms with Crippen LogP contribution in [-0.2, 0) is 0 Å². The van der Waals surface area contributed by atoms with Crippen LogP contribution in [-0.4, -0.2) is 30.4 Å². The lowest BCUT2D eigenvalue weighted by Gasteiger charge is -2.18. The van der Waals surface area contributed by atoms with E-state index in [4.69, 9.17) is 4.74 Å². The summed E-state index contributed by atoms with van der Waals surface area (Å²) in [5, 5.41) is 15.0. The van der Waals surface area contributed by atoms with Gasteiger partial charge in [-0.3, -0.25) is 0 Å². The van der Waals surface area contributed by atoms with E-state index in [1.807, 2.05) is 45.0 Å². The van der Waals surface area contributed by atoms with Crippen molar-refractivity contribution in [3.05, 3.63) is 29.8 Å². The summed E-state index contributed by atoms with van der Waals surface area (Å²) in [6.07, 6.45) is 0.331. The van der Waals surface area contributed by atoms with Crippen LogP contribution >= 0.6 is 0 Å². The van der Waals surface area contributed by atoms with Gasteiger partial charge in [0.25, 0.3) is 0 Å². The molecule has 2 amide bonds. The van der Waals surface area contributed by atoms with Crippen LogP contribution in [0.5, 0.6) is 5.75 Å². The van der Waals surface area contributed by atoms with Crippen LogP contribution < -0.4 is 15.4 Å². The molecule has 1 aromatic carbocycles. The molecular weight excluding hydrogens is 280 g/mol. The van der Waals surface area contributed by atoms with Gasteiger partial charge in [-0.15, -0.1) is 0 Å². The van der Waals surface area contributed by atoms with E-state index < -0.39 is 0 Å². The van der Waals surface area contributed by atoms with Gasteiger partial charge in [-0.25, -0.2) is 4.79 Å². The second kappa shape index (κ2) is 9.30. The Labute approximate surface area is 133 Å². The Balaban J connectivity index is 2.40. The molecule has 0 heterocycles. The monoisotopic (exact) mass is 308 g/mol. The van der Waals surface area contributed by atoms with Crippen LogP contribution in [0.4, 0.5) is 4.79 Å². The van der Waals surface area contributed by atoms with E-state index in [-0.39, 0.29) is 24.1 Å². The van der Waals surface area contributed by atoms with E-state index in [9.17, 15) is 9.90 Å². The molecule has 0 fully saturated rings. The average Bonchev–Trinajstić information content (AvgIpc) is 2.45. The van der Waals surface area contributed by atoms with Crippen LogP contribution in [0.15, 0.2) is 24.3 Å². The van der Waals surface area contributed by atoms with Crippen molar-refractivity contribution in [2.24, 2.45) is 5.92 Å². The number of ether oxygens (including phenoxy) is 1. The molecule has 0 aliphatic rings. The van der Waals surface area contributed by atoms with Crippen LogP contribution in [0, 0.1) is 5.92 Å². The molecule has 5 heteroatoms. The van der Waals surface area contributed by atoms with Crippen LogP contribution in [0.25, 0.3) is 0 Å². The zero-order valence-electron chi connectivity index (χ0n) is 13.9. The lowest BCUT2D eigenvalue weighted by molar-refractivity contribution is 0.163. The first kappa shape index (κ1) is 18.3. The molecule has 22 heavy (non-hydrogen) atoms. The number of nitrogens with one attached hydrogen (secondary N) is 2. The number of hydrogen-bond donors (Lipinski definition) is 3. The van der Waals surface area contributed by atoms with Gasteiger partial charge in [0.1, 0.15) is 5.75 Å². The molecule has 0 saturated heterocycles. The highest BCUT2D eigenvalue weighted by Gasteiger charge is 2.11. The van der Waals surface area contributed by atoms with Crippen molar-refractivity contribution in [2.45, 2.75) is 46.3 Å². The number of carbonyl (C=O) groups excluding carboxylic acids is 1. The maximum absolute atomic E-state index is 11.9. The molecule has 0 aliphatic carbocycles. The fraction of sp³-hybridized carbons (Fsp3) is 0.588. The number of urea groups is 1. The minimum Gasteiger partial charge on any atom is -0.494 e. The quantitative estimate of drug-likeness (QED) is 0.691. The van der Waals surface area contributed by atoms with Gasteiger partial charge < -0.3 is 20.5 Å². The number of aliphatic hydroxyl groups is 1. The van der Waals surface area contributed by atoms with E-state index >= 15 is 0 Å². The summed E-state index contributed by atoms with van der Waals surface area (Å²) >= 11 is 0. The van der Waals surface area contributed by atoms with Gasteiger partial charge in [0.15, 0.2) is 0 Å². The first-order valence-corrected chi connectivity index (χ1v) is 7.87. The molecule has 0 aromatic heterocycles. The Morgan fingerprint density at radius 2 is 1.86 bits per heavy atom. The molecule has 1 aromatic rings. The summed E-state index contributed by atoms with van der Waals surface area (Å²) in [4.78, 5) is 11.9. The SMILES string of the molecule is CCOc1ccc(C(C)NC(=O)NCC(C)CC(C)O)cc1. The van der Waals surface area contributed by atoms with Gasteiger partial charge >= 0.3 is 6.03 Å². The molecule has 124 valence electrons. The summed E-state index contributed by atoms with van der Waals surface area (Å²) in [5.74, 6) is 1.07. The van der Waals surface area contributed by atoms with E-state index in [0.717, 1.165) is 11.3 Å². The van der Waals surface area contributed by atoms with Gasteiger partial charge in [-0.2, -0.15) is 0 Å². The standard InChI is InChI=1S/C17H28N2O3/c1-5-22-16-8-6-15(7-9-16)14(4)19-17(21)18-11-12(2)10-13(3)20/h6-9,12-14,20H,5,10-11H2,1-4H3,(H2,18,19,21). The fourth-order valence-electron chi connectivity index (χ4n) is 2.28. The third-order valence-electron chi connectivity index (χ3n) is 3.39. The Morgan fingerprint density at radius 1 is 1.23 bits per heavy atom. The van der Waals surface area contributed by atoms with E-state index in [1.165, 1.54) is 0 Å². The molecule has 0 radical (unpaired) electrons. The van der Waals surface area contributed by atoms with Crippen molar-refractivity contribution in [1.29, 1.82) is 0 Å². The topological polar surface area (TPSA) is 70.6 Å². The van der Waals surface area contributed by atoms with Crippen molar-refractivity contribution in [3.8, 4) is 5.75 Å². The maximum atomic E-state index is 11.9. The summed E-state index contributed by atoms with van der Waals surface area (Å²) < 4.78 is 5.40. The lowest BCUT2D eigenvalue weighted by Crippen LogP contribution is -2.39. The van der Waals surface area contributed by atoms with E-state index in [0.29, 0.717) is 19.6 Å². The van der Waals surface area contributed by atoms with Crippen molar-refractivity contribution >= 4 is 6.03 Å². The van der Waals surface area contributed by atoms with Crippen molar-refractivity contribution in [1.82, 2.24) is 10.6 Å². The van der Waals surface area contributed by atoms with Gasteiger partial charge in [0, 0.05) is 6.54 Å². The normalized spacial score (nSPS) is 14.8. The summed E-state index contributed by atoms with van der Waals surface area (Å²) in [6.45, 7) is 8.83. The number of carbonyl (C=O) groups is 1. The highest BCUT2D eigenvalue weighted by atomic mass is 16.5. The highest BCUT2D eigenvalue weighted by molar-refractivity contribution is 5.74. The number of benzene rings is 1. The number of rotatable bonds is 8. The summed E-state index contributed by atoms with van der Waals surface area (Å²) in [6, 6.07) is 7.43. The van der Waals surface area contributed by atoms with Crippen LogP contribution in [0.2, 0.25) is 0 Å². The Kier molecular flexibility index (Phi) is 7.74. The Hall–Kier alpha value is -1.75. The molecule has 0 bridgehead atoms. The van der Waals surface area contributed by atoms with Gasteiger partial charge in [-0.05, 0) is 50.8 Å². The van der Waals surface area contributed by atoms with Crippen molar-refractivity contribution in [3.63, 3.8) is 0 Å². The molecule has 3 atom stereocenters. The molecule has 5 nitrogen and oxygen atoms in total. The highest BCUT2D eigenvalue weighted by Crippen LogP contribution is 2.17. The van der Waals surface area contributed by atoms with Crippen molar-refractivity contribution < 1.29 is 14.6 Å². The van der Waals surface area contributed by atoms with Gasteiger partial charge in [0.2, 0.25) is 0 Å². The molecule has 0 aliphatic heterocycles. The minimum absolute atomic E-state index is 0.0808. The fourth-order valence-corrected chi connectivity index (χ4v) is 2.28. The predicted octanol–water partition coefficient (Wildman–Crippen LogP) is 2.85. The first-order chi connectivity index (χ1) is 10.4. The molecule has 3 N–H and O–H groups in total. The molecule has 1 rings (SSSR count). The maximum Gasteiger partial charge on any atom is 0.315 e. The Morgan fingerprint density at radius 3 is 2.41 bits per heavy atom. The van der Waals surface area contributed by atoms with Crippen LogP contribution in [0.1, 0.15) is 45.7 Å². The molecule has 0 spiro atoms. The Bertz CT molecular complexity index is 446. The van der Waals surface area contributed by atoms with E-state index in [2.05, 4.69) is 10.6 Å². The molecular formula is C17H28N2O3. The number of aliphatic hydroxyl groups excluding tert-OH is 1. The van der Waals surface area contributed by atoms with E-state index in [1.54, 1.807) is 6.92 Å². The number of amides is 2. The van der Waals surface area contributed by atoms with Crippen molar-refractivity contribution in [2.75, 3.05) is 13.2 Å². The molecule has 3 unspecified atom stereocenters. The minimum atomic E-state index is -0.345. The van der Waals surface area contributed by atoms with Crippen LogP contribution in [0.3, 0.4) is 0 Å². The van der Waals surface area contributed by atoms with Gasteiger partial charge in [0.05, 0.1) is 18.8 Å². The zero-order valence-corrected chi connectivity index (χ0v) is 13.9. The second-order valence-corrected chi connectivity index (χ2v) is 5.77. The third-order valence-corrected chi connectivity index (χ3v) is 3.39. The van der Waals surface area contributed by atoms with Gasteiger partial charge in [-0.1, -0.05) is 19.1 Å². The lowest BCUT2D eigenvalue weighted by atomic mass is 10.1. The first-order valence-electron chi connectivity index (χ1n) is 7.87. The summed E-state index contributed by atoms with van der Waals surface area (Å²) in [5.41, 5.74) is 1.02. The largest absolute Gasteiger partial charge is 0.494 e. The zero-order chi connectivity index (χ0) is 16.5. The smallest absolute Gasteiger partial charge is 0.315 e. The number of hydrogen-bond acceptors (Lipinski definition) is 3. The predicted molar refractivity (Wildman–Crippen MR) is 88.0 cm³/mol. The summed E-state index contributed by atoms with van der Waals surface area (Å²) in [7, 11) is 0. The molecule has 0 saturated carbocycles. The average molecular weight is 308 g/mol.